The summed E-state index contributed by atoms with van der Waals surface area (Å²) >= 11 is 0. The number of benzene rings is 1. The van der Waals surface area contributed by atoms with E-state index in [2.05, 4.69) is 6.92 Å². The first kappa shape index (κ1) is 10.8. The number of fused-ring (bicyclic) bond motifs is 3. The van der Waals surface area contributed by atoms with Crippen molar-refractivity contribution >= 4 is 11.7 Å². The second kappa shape index (κ2) is 4.78. The van der Waals surface area contributed by atoms with Crippen LogP contribution in [0.4, 0.5) is 5.69 Å². The molecule has 4 nitrogen and oxygen atoms in total. The molecule has 1 aromatic rings. The Balaban J connectivity index is 1.87. The number of nitrogens with zero attached hydrogens (tertiary/aromatic N) is 2. The molecule has 0 spiro atoms. The van der Waals surface area contributed by atoms with Crippen molar-refractivity contribution in [3.05, 3.63) is 41.2 Å². The van der Waals surface area contributed by atoms with Gasteiger partial charge in [0.15, 0.2) is 0 Å². The smallest absolute Gasteiger partial charge is 0.326 e. The molecule has 0 aromatic heterocycles. The molecule has 4 aliphatic rings. The van der Waals surface area contributed by atoms with Crippen LogP contribution in [0, 0.1) is 5.41 Å². The van der Waals surface area contributed by atoms with E-state index >= 15 is 0 Å². The zero-order chi connectivity index (χ0) is 20.0. The highest BCUT2D eigenvalue weighted by Crippen LogP contribution is 2.60. The molecule has 0 bridgehead atoms. The number of carboxylic acids is 1. The van der Waals surface area contributed by atoms with E-state index in [4.69, 9.17) is 5.48 Å². The summed E-state index contributed by atoms with van der Waals surface area (Å²) < 4.78 is 34.1. The highest BCUT2D eigenvalue weighted by molar-refractivity contribution is 5.84. The summed E-state index contributed by atoms with van der Waals surface area (Å²) in [7, 11) is 0. The molecular formula is C20H24N2O2. The number of para-hydroxylation sites is 1. The van der Waals surface area contributed by atoms with Gasteiger partial charge in [0.2, 0.25) is 0 Å². The fraction of sp³-hybridized carbons (Fsp3) is 0.550. The lowest BCUT2D eigenvalue weighted by Gasteiger charge is -2.55. The number of anilines is 1. The molecule has 0 saturated carbocycles. The van der Waals surface area contributed by atoms with Crippen LogP contribution in [-0.2, 0) is 4.79 Å². The van der Waals surface area contributed by atoms with Gasteiger partial charge >= 0.3 is 5.97 Å². The van der Waals surface area contributed by atoms with Crippen molar-refractivity contribution in [1.82, 2.24) is 4.90 Å². The van der Waals surface area contributed by atoms with Gasteiger partial charge in [0, 0.05) is 44.2 Å². The average molecular weight is 328 g/mol. The Morgan fingerprint density at radius 2 is 2.46 bits per heavy atom. The van der Waals surface area contributed by atoms with Crippen LogP contribution in [0.5, 0.6) is 0 Å². The van der Waals surface area contributed by atoms with Crippen LogP contribution in [0.3, 0.4) is 0 Å². The molecule has 0 amide bonds. The molecule has 0 aliphatic carbocycles. The Morgan fingerprint density at radius 1 is 1.58 bits per heavy atom. The lowest BCUT2D eigenvalue weighted by Crippen LogP contribution is -2.56. The third kappa shape index (κ3) is 1.61. The van der Waals surface area contributed by atoms with Crippen LogP contribution < -0.4 is 4.90 Å². The summed E-state index contributed by atoms with van der Waals surface area (Å²) in [5, 5.41) is 10.1. The minimum atomic E-state index is -0.910. The number of rotatable bonds is 2. The molecule has 5 rings (SSSR count). The highest BCUT2D eigenvalue weighted by Gasteiger charge is 2.55. The van der Waals surface area contributed by atoms with Crippen molar-refractivity contribution in [2.45, 2.75) is 51.0 Å². The number of carbonyl (C=O) groups is 1. The molecule has 1 saturated heterocycles. The SMILES string of the molecule is [2H]c1cc([2H])c2c(c1)C1C3=C4N(CCC[C@@]4(CC)CC(C(=O)O)N32)C([2H])C1[2H]. The maximum absolute atomic E-state index is 12.3. The van der Waals surface area contributed by atoms with Crippen LogP contribution >= 0.6 is 0 Å². The van der Waals surface area contributed by atoms with E-state index in [1.165, 1.54) is 6.07 Å². The van der Waals surface area contributed by atoms with Gasteiger partial charge in [-0.2, -0.15) is 0 Å². The molecule has 24 heavy (non-hydrogen) atoms. The Bertz CT molecular complexity index is 920. The number of aliphatic carboxylic acids is 1. The van der Waals surface area contributed by atoms with E-state index in [1.54, 1.807) is 11.0 Å². The summed E-state index contributed by atoms with van der Waals surface area (Å²) in [6.07, 6.45) is 2.28. The maximum Gasteiger partial charge on any atom is 0.326 e. The van der Waals surface area contributed by atoms with Gasteiger partial charge in [-0.25, -0.2) is 4.79 Å². The monoisotopic (exact) mass is 328 g/mol. The number of allylic oxidation sites excluding steroid dienone is 2. The van der Waals surface area contributed by atoms with Crippen LogP contribution in [0.25, 0.3) is 0 Å². The van der Waals surface area contributed by atoms with Crippen molar-refractivity contribution in [1.29, 1.82) is 0 Å². The lowest BCUT2D eigenvalue weighted by atomic mass is 9.65. The first-order valence-corrected chi connectivity index (χ1v) is 8.79. The quantitative estimate of drug-likeness (QED) is 0.901. The number of piperidine rings is 1. The van der Waals surface area contributed by atoms with Crippen molar-refractivity contribution in [2.24, 2.45) is 5.41 Å². The lowest BCUT2D eigenvalue weighted by molar-refractivity contribution is -0.139. The van der Waals surface area contributed by atoms with E-state index in [0.717, 1.165) is 37.2 Å². The summed E-state index contributed by atoms with van der Waals surface area (Å²) in [5.41, 5.74) is 2.77. The molecule has 5 atom stereocenters. The molecule has 1 aromatic carbocycles. The van der Waals surface area contributed by atoms with Crippen LogP contribution in [0.1, 0.15) is 56.0 Å². The van der Waals surface area contributed by atoms with Gasteiger partial charge in [0.05, 0.1) is 2.74 Å². The highest BCUT2D eigenvalue weighted by atomic mass is 16.4. The van der Waals surface area contributed by atoms with Crippen LogP contribution in [-0.4, -0.2) is 35.1 Å². The summed E-state index contributed by atoms with van der Waals surface area (Å²) in [5.74, 6) is -1.35. The third-order valence-corrected chi connectivity index (χ3v) is 6.34. The average Bonchev–Trinajstić information content (AvgIpc) is 2.99. The van der Waals surface area contributed by atoms with Crippen molar-refractivity contribution in [3.8, 4) is 0 Å². The Kier molecular flexibility index (Phi) is 2.15. The van der Waals surface area contributed by atoms with Crippen molar-refractivity contribution < 1.29 is 15.4 Å². The Hall–Kier alpha value is -1.97. The minimum absolute atomic E-state index is 0.135. The van der Waals surface area contributed by atoms with Gasteiger partial charge < -0.3 is 14.9 Å². The van der Waals surface area contributed by atoms with Crippen molar-refractivity contribution in [3.63, 3.8) is 0 Å². The van der Waals surface area contributed by atoms with E-state index in [1.807, 2.05) is 4.90 Å². The van der Waals surface area contributed by atoms with E-state index in [0.29, 0.717) is 17.7 Å². The van der Waals surface area contributed by atoms with E-state index in [-0.39, 0.29) is 17.5 Å². The predicted molar refractivity (Wildman–Crippen MR) is 92.9 cm³/mol. The second-order valence-corrected chi connectivity index (χ2v) is 7.32. The molecule has 126 valence electrons. The fourth-order valence-electron chi connectivity index (χ4n) is 5.26. The maximum atomic E-state index is 12.3. The molecule has 1 N–H and O–H groups in total. The largest absolute Gasteiger partial charge is 0.480 e. The number of hydrogen-bond acceptors (Lipinski definition) is 3. The molecule has 1 fully saturated rings. The normalized spacial score (nSPS) is 41.9. The zero-order valence-corrected chi connectivity index (χ0v) is 13.7. The van der Waals surface area contributed by atoms with Gasteiger partial charge in [-0.15, -0.1) is 0 Å². The Labute approximate surface area is 148 Å². The second-order valence-electron chi connectivity index (χ2n) is 7.32. The molecule has 4 heterocycles. The van der Waals surface area contributed by atoms with Gasteiger partial charge in [0.1, 0.15) is 6.04 Å². The third-order valence-electron chi connectivity index (χ3n) is 6.34. The predicted octanol–water partition coefficient (Wildman–Crippen LogP) is 3.55. The molecule has 4 unspecified atom stereocenters. The summed E-state index contributed by atoms with van der Waals surface area (Å²) in [6.45, 7) is 2.09. The molecular weight excluding hydrogens is 300 g/mol. The minimum Gasteiger partial charge on any atom is -0.480 e. The van der Waals surface area contributed by atoms with E-state index < -0.39 is 30.8 Å². The zero-order valence-electron chi connectivity index (χ0n) is 17.7. The summed E-state index contributed by atoms with van der Waals surface area (Å²) in [6, 6.07) is 2.66. The summed E-state index contributed by atoms with van der Waals surface area (Å²) in [4.78, 5) is 16.1. The molecule has 4 heteroatoms. The van der Waals surface area contributed by atoms with Gasteiger partial charge in [-0.1, -0.05) is 25.1 Å². The van der Waals surface area contributed by atoms with Crippen LogP contribution in [0.2, 0.25) is 0 Å². The molecule has 0 radical (unpaired) electrons. The van der Waals surface area contributed by atoms with Crippen LogP contribution in [0.15, 0.2) is 35.6 Å². The number of hydrogen-bond donors (Lipinski definition) is 1. The Morgan fingerprint density at radius 3 is 3.25 bits per heavy atom. The topological polar surface area (TPSA) is 43.8 Å². The van der Waals surface area contributed by atoms with E-state index in [9.17, 15) is 9.90 Å². The first-order valence-electron chi connectivity index (χ1n) is 10.9. The standard InChI is InChI=1S/C20H24N2O2/c1-2-20-9-5-10-21-11-8-14-13-6-3-4-7-15(13)22(17(14)18(20)21)16(12-20)19(23)24/h3-4,6-7,14,16H,2,5,8-12H2,1H3,(H,23,24)/t14?,16?,20-/m0/s1/i3D,7D,8D,11D/t8?,11?,14?,16?,20-. The van der Waals surface area contributed by atoms with Gasteiger partial charge in [-0.3, -0.25) is 0 Å². The molecule has 4 aliphatic heterocycles. The fourth-order valence-corrected chi connectivity index (χ4v) is 5.26. The van der Waals surface area contributed by atoms with Gasteiger partial charge in [-0.05, 0) is 43.7 Å². The first-order chi connectivity index (χ1) is 13.3. The van der Waals surface area contributed by atoms with Crippen molar-refractivity contribution in [2.75, 3.05) is 18.0 Å². The number of carboxylic acid groups (broad SMARTS) is 1. The van der Waals surface area contributed by atoms with Gasteiger partial charge in [0.25, 0.3) is 0 Å².